The van der Waals surface area contributed by atoms with E-state index in [1.54, 1.807) is 0 Å². The monoisotopic (exact) mass is 227 g/mol. The summed E-state index contributed by atoms with van der Waals surface area (Å²) in [5.41, 5.74) is 9.93. The predicted molar refractivity (Wildman–Crippen MR) is 45.5 cm³/mol. The molecule has 0 aliphatic rings. The number of nitrogens with zero attached hydrogens (tertiary/aromatic N) is 1. The van der Waals surface area contributed by atoms with Gasteiger partial charge in [-0.2, -0.15) is 13.2 Å². The van der Waals surface area contributed by atoms with Crippen LogP contribution in [0.3, 0.4) is 0 Å². The highest BCUT2D eigenvalue weighted by Crippen LogP contribution is 2.15. The van der Waals surface area contributed by atoms with Gasteiger partial charge in [-0.3, -0.25) is 9.59 Å². The zero-order valence-electron chi connectivity index (χ0n) is 8.04. The van der Waals surface area contributed by atoms with Crippen molar-refractivity contribution in [1.29, 1.82) is 0 Å². The first kappa shape index (κ1) is 13.7. The Bertz CT molecular complexity index is 254. The summed E-state index contributed by atoms with van der Waals surface area (Å²) < 4.78 is 35.6. The molecule has 15 heavy (non-hydrogen) atoms. The molecule has 0 fully saturated rings. The van der Waals surface area contributed by atoms with E-state index in [9.17, 15) is 22.8 Å². The molecule has 0 aliphatic carbocycles. The molecule has 0 bridgehead atoms. The Morgan fingerprint density at radius 3 is 2.20 bits per heavy atom. The topological polar surface area (TPSA) is 89.4 Å². The Balaban J connectivity index is 4.26. The number of carbonyl (C=O) groups is 2. The van der Waals surface area contributed by atoms with Crippen LogP contribution < -0.4 is 11.5 Å². The van der Waals surface area contributed by atoms with Gasteiger partial charge in [-0.05, 0) is 0 Å². The molecule has 88 valence electrons. The number of nitrogens with two attached hydrogens (primary N) is 2. The number of rotatable bonds is 4. The molecule has 0 heterocycles. The maximum absolute atomic E-state index is 11.9. The third-order valence-corrected chi connectivity index (χ3v) is 1.53. The first-order valence-electron chi connectivity index (χ1n) is 3.99. The number of amides is 2. The minimum absolute atomic E-state index is 0.410. The van der Waals surface area contributed by atoms with Gasteiger partial charge < -0.3 is 16.4 Å². The minimum Gasteiger partial charge on any atom is -0.370 e. The number of hydrogen-bond acceptors (Lipinski definition) is 3. The maximum Gasteiger partial charge on any atom is 0.406 e. The van der Waals surface area contributed by atoms with E-state index in [0.29, 0.717) is 4.90 Å². The van der Waals surface area contributed by atoms with Crippen LogP contribution in [0, 0.1) is 0 Å². The summed E-state index contributed by atoms with van der Waals surface area (Å²) >= 11 is 0. The Hall–Kier alpha value is -1.31. The Kier molecular flexibility index (Phi) is 4.53. The lowest BCUT2D eigenvalue weighted by Crippen LogP contribution is -2.46. The standard InChI is InChI=1S/C7H12F3N3O2/c1-13(3-7(8,9)10)6(15)4(11)2-5(12)14/h4H,2-3,11H2,1H3,(H2,12,14). The SMILES string of the molecule is CN(CC(F)(F)F)C(=O)C(N)CC(N)=O. The van der Waals surface area contributed by atoms with E-state index in [1.807, 2.05) is 0 Å². The zero-order chi connectivity index (χ0) is 12.2. The molecule has 0 aliphatic heterocycles. The number of carbonyl (C=O) groups excluding carboxylic acids is 2. The zero-order valence-corrected chi connectivity index (χ0v) is 8.04. The molecule has 0 aromatic carbocycles. The summed E-state index contributed by atoms with van der Waals surface area (Å²) in [7, 11) is 0.955. The lowest BCUT2D eigenvalue weighted by Gasteiger charge is -2.21. The summed E-state index contributed by atoms with van der Waals surface area (Å²) in [4.78, 5) is 21.9. The highest BCUT2D eigenvalue weighted by Gasteiger charge is 2.32. The van der Waals surface area contributed by atoms with Gasteiger partial charge in [-0.25, -0.2) is 0 Å². The average molecular weight is 227 g/mol. The Morgan fingerprint density at radius 1 is 1.40 bits per heavy atom. The van der Waals surface area contributed by atoms with Crippen LogP contribution in [0.1, 0.15) is 6.42 Å². The summed E-state index contributed by atoms with van der Waals surface area (Å²) in [6, 6.07) is -1.32. The number of halogens is 3. The third-order valence-electron chi connectivity index (χ3n) is 1.53. The van der Waals surface area contributed by atoms with Crippen molar-refractivity contribution >= 4 is 11.8 Å². The molecule has 0 aromatic heterocycles. The molecule has 0 aromatic rings. The fourth-order valence-corrected chi connectivity index (χ4v) is 0.934. The van der Waals surface area contributed by atoms with E-state index >= 15 is 0 Å². The summed E-state index contributed by atoms with van der Waals surface area (Å²) in [5, 5.41) is 0. The van der Waals surface area contributed by atoms with Crippen molar-refractivity contribution in [3.05, 3.63) is 0 Å². The first-order chi connectivity index (χ1) is 6.63. The average Bonchev–Trinajstić information content (AvgIpc) is 1.98. The molecular weight excluding hydrogens is 215 g/mol. The highest BCUT2D eigenvalue weighted by molar-refractivity contribution is 5.87. The second kappa shape index (κ2) is 4.96. The molecule has 8 heteroatoms. The molecule has 1 atom stereocenters. The second-order valence-corrected chi connectivity index (χ2v) is 3.09. The van der Waals surface area contributed by atoms with Crippen LogP contribution in [-0.4, -0.2) is 42.5 Å². The van der Waals surface area contributed by atoms with Crippen LogP contribution in [0.25, 0.3) is 0 Å². The first-order valence-corrected chi connectivity index (χ1v) is 3.99. The number of hydrogen-bond donors (Lipinski definition) is 2. The summed E-state index contributed by atoms with van der Waals surface area (Å²) in [6.45, 7) is -1.40. The number of alkyl halides is 3. The summed E-state index contributed by atoms with van der Waals surface area (Å²) in [5.74, 6) is -1.80. The molecule has 1 unspecified atom stereocenters. The molecular formula is C7H12F3N3O2. The van der Waals surface area contributed by atoms with Crippen molar-refractivity contribution in [2.45, 2.75) is 18.6 Å². The van der Waals surface area contributed by atoms with Crippen LogP contribution in [-0.2, 0) is 9.59 Å². The van der Waals surface area contributed by atoms with Gasteiger partial charge in [-0.1, -0.05) is 0 Å². The number of likely N-dealkylation sites (N-methyl/N-ethyl adjacent to an activating group) is 1. The van der Waals surface area contributed by atoms with Gasteiger partial charge in [0.1, 0.15) is 6.54 Å². The highest BCUT2D eigenvalue weighted by atomic mass is 19.4. The second-order valence-electron chi connectivity index (χ2n) is 3.09. The smallest absolute Gasteiger partial charge is 0.370 e. The fraction of sp³-hybridized carbons (Fsp3) is 0.714. The Labute approximate surface area is 84.2 Å². The van der Waals surface area contributed by atoms with Gasteiger partial charge in [0.15, 0.2) is 0 Å². The van der Waals surface area contributed by atoms with Crippen LogP contribution >= 0.6 is 0 Å². The van der Waals surface area contributed by atoms with Gasteiger partial charge in [0.25, 0.3) is 0 Å². The molecule has 0 saturated carbocycles. The van der Waals surface area contributed by atoms with Crippen molar-refractivity contribution in [3.8, 4) is 0 Å². The largest absolute Gasteiger partial charge is 0.406 e. The van der Waals surface area contributed by atoms with Crippen LogP contribution in [0.2, 0.25) is 0 Å². The van der Waals surface area contributed by atoms with Crippen LogP contribution in [0.15, 0.2) is 0 Å². The van der Waals surface area contributed by atoms with E-state index in [4.69, 9.17) is 11.5 Å². The molecule has 0 spiro atoms. The van der Waals surface area contributed by atoms with Crippen molar-refractivity contribution in [1.82, 2.24) is 4.90 Å². The van der Waals surface area contributed by atoms with Crippen molar-refractivity contribution in [2.24, 2.45) is 11.5 Å². The minimum atomic E-state index is -4.49. The van der Waals surface area contributed by atoms with E-state index in [-0.39, 0.29) is 0 Å². The van der Waals surface area contributed by atoms with Crippen molar-refractivity contribution < 1.29 is 22.8 Å². The van der Waals surface area contributed by atoms with Crippen molar-refractivity contribution in [2.75, 3.05) is 13.6 Å². The fourth-order valence-electron chi connectivity index (χ4n) is 0.934. The molecule has 5 nitrogen and oxygen atoms in total. The molecule has 0 rings (SSSR count). The quantitative estimate of drug-likeness (QED) is 0.659. The normalized spacial score (nSPS) is 13.4. The van der Waals surface area contributed by atoms with E-state index in [2.05, 4.69) is 0 Å². The summed E-state index contributed by atoms with van der Waals surface area (Å²) in [6.07, 6.45) is -4.96. The molecule has 4 N–H and O–H groups in total. The van der Waals surface area contributed by atoms with E-state index in [1.165, 1.54) is 0 Å². The number of primary amides is 1. The lowest BCUT2D eigenvalue weighted by atomic mass is 10.2. The van der Waals surface area contributed by atoms with Crippen molar-refractivity contribution in [3.63, 3.8) is 0 Å². The van der Waals surface area contributed by atoms with Gasteiger partial charge in [0.05, 0.1) is 12.5 Å². The third kappa shape index (κ3) is 5.89. The van der Waals surface area contributed by atoms with Gasteiger partial charge >= 0.3 is 6.18 Å². The molecule has 0 saturated heterocycles. The predicted octanol–water partition coefficient (Wildman–Crippen LogP) is -0.790. The van der Waals surface area contributed by atoms with E-state index in [0.717, 1.165) is 7.05 Å². The maximum atomic E-state index is 11.9. The van der Waals surface area contributed by atoms with Gasteiger partial charge in [0, 0.05) is 7.05 Å². The van der Waals surface area contributed by atoms with Crippen LogP contribution in [0.5, 0.6) is 0 Å². The van der Waals surface area contributed by atoms with Gasteiger partial charge in [0.2, 0.25) is 11.8 Å². The van der Waals surface area contributed by atoms with E-state index < -0.39 is 37.0 Å². The molecule has 0 radical (unpaired) electrons. The van der Waals surface area contributed by atoms with Gasteiger partial charge in [-0.15, -0.1) is 0 Å². The molecule has 2 amide bonds. The Morgan fingerprint density at radius 2 is 1.87 bits per heavy atom. The van der Waals surface area contributed by atoms with Crippen LogP contribution in [0.4, 0.5) is 13.2 Å². The lowest BCUT2D eigenvalue weighted by molar-refractivity contribution is -0.159.